The Kier molecular flexibility index (Phi) is 5.09. The summed E-state index contributed by atoms with van der Waals surface area (Å²) in [6, 6.07) is 10.9. The molecule has 0 unspecified atom stereocenters. The SMILES string of the molecule is C=C[Si](C)(C)CN(c1ccccc1)[Si](C)(C)C(C)(C)C. The molecule has 1 rings (SSSR count). The second-order valence-electron chi connectivity index (χ2n) is 7.92. The molecule has 0 saturated heterocycles. The van der Waals surface area contributed by atoms with Gasteiger partial charge in [-0.05, 0) is 17.2 Å². The third-order valence-corrected chi connectivity index (χ3v) is 12.7. The molecule has 0 heterocycles. The van der Waals surface area contributed by atoms with Gasteiger partial charge in [-0.15, -0.1) is 12.3 Å². The Morgan fingerprint density at radius 2 is 1.55 bits per heavy atom. The maximum atomic E-state index is 4.07. The van der Waals surface area contributed by atoms with E-state index >= 15 is 0 Å². The first-order chi connectivity index (χ1) is 9.01. The first-order valence-corrected chi connectivity index (χ1v) is 13.7. The largest absolute Gasteiger partial charge is 0.399 e. The molecule has 20 heavy (non-hydrogen) atoms. The molecule has 0 aromatic heterocycles. The van der Waals surface area contributed by atoms with E-state index in [2.05, 4.69) is 94.1 Å². The van der Waals surface area contributed by atoms with Gasteiger partial charge in [0.15, 0.2) is 8.24 Å². The summed E-state index contributed by atoms with van der Waals surface area (Å²) in [5.74, 6) is 0. The molecule has 112 valence electrons. The minimum absolute atomic E-state index is 0.342. The van der Waals surface area contributed by atoms with E-state index in [0.29, 0.717) is 5.04 Å². The smallest absolute Gasteiger partial charge is 0.155 e. The van der Waals surface area contributed by atoms with E-state index in [1.165, 1.54) is 5.69 Å². The highest BCUT2D eigenvalue weighted by Gasteiger charge is 2.42. The van der Waals surface area contributed by atoms with Crippen LogP contribution in [0.1, 0.15) is 20.8 Å². The van der Waals surface area contributed by atoms with Gasteiger partial charge in [-0.1, -0.05) is 65.2 Å². The number of para-hydroxylation sites is 1. The Hall–Kier alpha value is -0.806. The third kappa shape index (κ3) is 3.86. The lowest BCUT2D eigenvalue weighted by atomic mass is 10.2. The van der Waals surface area contributed by atoms with Gasteiger partial charge in [0.2, 0.25) is 0 Å². The quantitative estimate of drug-likeness (QED) is 0.652. The molecule has 0 atom stereocenters. The Morgan fingerprint density at radius 1 is 1.05 bits per heavy atom. The molecular formula is C17H31NSi2. The van der Waals surface area contributed by atoms with Crippen molar-refractivity contribution in [1.82, 2.24) is 0 Å². The zero-order valence-corrected chi connectivity index (χ0v) is 16.3. The molecule has 0 aliphatic heterocycles. The molecule has 0 spiro atoms. The van der Waals surface area contributed by atoms with Crippen molar-refractivity contribution in [2.24, 2.45) is 0 Å². The fourth-order valence-electron chi connectivity index (χ4n) is 2.10. The maximum Gasteiger partial charge on any atom is 0.155 e. The van der Waals surface area contributed by atoms with Crippen molar-refractivity contribution < 1.29 is 0 Å². The third-order valence-electron chi connectivity index (χ3n) is 4.70. The highest BCUT2D eigenvalue weighted by molar-refractivity contribution is 6.88. The first kappa shape index (κ1) is 17.2. The molecule has 0 N–H and O–H groups in total. The van der Waals surface area contributed by atoms with Crippen LogP contribution in [-0.2, 0) is 0 Å². The number of hydrogen-bond acceptors (Lipinski definition) is 1. The summed E-state index contributed by atoms with van der Waals surface area (Å²) in [5, 5.41) is 0.342. The highest BCUT2D eigenvalue weighted by atomic mass is 28.3. The van der Waals surface area contributed by atoms with Gasteiger partial charge in [-0.25, -0.2) is 0 Å². The van der Waals surface area contributed by atoms with Gasteiger partial charge in [0.25, 0.3) is 0 Å². The normalized spacial score (nSPS) is 13.2. The van der Waals surface area contributed by atoms with E-state index in [1.807, 2.05) is 0 Å². The summed E-state index contributed by atoms with van der Waals surface area (Å²) in [4.78, 5) is 0. The van der Waals surface area contributed by atoms with Crippen LogP contribution in [0.25, 0.3) is 0 Å². The summed E-state index contributed by atoms with van der Waals surface area (Å²) >= 11 is 0. The Morgan fingerprint density at radius 3 is 1.95 bits per heavy atom. The van der Waals surface area contributed by atoms with Crippen molar-refractivity contribution in [3.8, 4) is 0 Å². The van der Waals surface area contributed by atoms with Crippen molar-refractivity contribution in [2.45, 2.75) is 52.0 Å². The molecule has 0 bridgehead atoms. The summed E-state index contributed by atoms with van der Waals surface area (Å²) in [7, 11) is -2.97. The molecule has 3 heteroatoms. The van der Waals surface area contributed by atoms with Crippen LogP contribution in [0.5, 0.6) is 0 Å². The van der Waals surface area contributed by atoms with Crippen LogP contribution in [0.3, 0.4) is 0 Å². The second kappa shape index (κ2) is 5.90. The lowest BCUT2D eigenvalue weighted by Crippen LogP contribution is -2.60. The predicted octanol–water partition coefficient (Wildman–Crippen LogP) is 5.47. The van der Waals surface area contributed by atoms with Crippen LogP contribution in [0.2, 0.25) is 31.2 Å². The van der Waals surface area contributed by atoms with E-state index in [1.54, 1.807) is 0 Å². The van der Waals surface area contributed by atoms with E-state index in [4.69, 9.17) is 0 Å². The zero-order valence-electron chi connectivity index (χ0n) is 14.3. The van der Waals surface area contributed by atoms with Gasteiger partial charge in [0, 0.05) is 11.9 Å². The Labute approximate surface area is 127 Å². The summed E-state index contributed by atoms with van der Waals surface area (Å²) in [5.41, 5.74) is 3.59. The highest BCUT2D eigenvalue weighted by Crippen LogP contribution is 2.40. The maximum absolute atomic E-state index is 4.07. The number of anilines is 1. The van der Waals surface area contributed by atoms with Crippen LogP contribution >= 0.6 is 0 Å². The molecule has 0 amide bonds. The molecule has 1 aromatic carbocycles. The molecule has 0 saturated carbocycles. The molecular weight excluding hydrogens is 274 g/mol. The number of nitrogens with zero attached hydrogens (tertiary/aromatic N) is 1. The topological polar surface area (TPSA) is 3.24 Å². The average Bonchev–Trinajstić information content (AvgIpc) is 2.35. The molecule has 1 nitrogen and oxygen atoms in total. The van der Waals surface area contributed by atoms with Crippen molar-refractivity contribution in [3.63, 3.8) is 0 Å². The van der Waals surface area contributed by atoms with E-state index in [-0.39, 0.29) is 0 Å². The minimum Gasteiger partial charge on any atom is -0.399 e. The Bertz CT molecular complexity index is 444. The van der Waals surface area contributed by atoms with Gasteiger partial charge < -0.3 is 4.57 Å². The van der Waals surface area contributed by atoms with Crippen molar-refractivity contribution >= 4 is 22.0 Å². The summed E-state index contributed by atoms with van der Waals surface area (Å²) in [6.45, 7) is 21.0. The molecule has 1 aromatic rings. The standard InChI is InChI=1S/C17H31NSi2/c1-9-19(5,6)15-18(16-13-11-10-12-14-16)20(7,8)17(2,3)4/h9-14H,1,15H2,2-8H3. The van der Waals surface area contributed by atoms with E-state index in [0.717, 1.165) is 6.17 Å². The van der Waals surface area contributed by atoms with E-state index in [9.17, 15) is 0 Å². The van der Waals surface area contributed by atoms with Crippen LogP contribution in [0.15, 0.2) is 42.6 Å². The van der Waals surface area contributed by atoms with Gasteiger partial charge in [0.05, 0.1) is 8.07 Å². The number of hydrogen-bond donors (Lipinski definition) is 0. The van der Waals surface area contributed by atoms with Crippen LogP contribution in [-0.4, -0.2) is 22.5 Å². The van der Waals surface area contributed by atoms with Crippen molar-refractivity contribution in [3.05, 3.63) is 42.6 Å². The predicted molar refractivity (Wildman–Crippen MR) is 98.7 cm³/mol. The van der Waals surface area contributed by atoms with Crippen molar-refractivity contribution in [2.75, 3.05) is 10.7 Å². The van der Waals surface area contributed by atoms with Crippen LogP contribution in [0, 0.1) is 0 Å². The zero-order chi connectivity index (χ0) is 15.6. The van der Waals surface area contributed by atoms with Gasteiger partial charge in [0.1, 0.15) is 0 Å². The lowest BCUT2D eigenvalue weighted by Gasteiger charge is -2.49. The number of rotatable bonds is 5. The first-order valence-electron chi connectivity index (χ1n) is 7.47. The summed E-state index contributed by atoms with van der Waals surface area (Å²) in [6.07, 6.45) is 1.16. The van der Waals surface area contributed by atoms with Crippen molar-refractivity contribution in [1.29, 1.82) is 0 Å². The molecule has 0 aliphatic carbocycles. The second-order valence-corrected chi connectivity index (χ2v) is 17.8. The van der Waals surface area contributed by atoms with Gasteiger partial charge in [-0.2, -0.15) is 0 Å². The fraction of sp³-hybridized carbons (Fsp3) is 0.529. The van der Waals surface area contributed by atoms with Gasteiger partial charge in [-0.3, -0.25) is 0 Å². The monoisotopic (exact) mass is 305 g/mol. The Balaban J connectivity index is 3.26. The van der Waals surface area contributed by atoms with Crippen LogP contribution < -0.4 is 4.57 Å². The number of benzene rings is 1. The fourth-order valence-corrected chi connectivity index (χ4v) is 7.63. The minimum atomic E-state index is -1.58. The lowest BCUT2D eigenvalue weighted by molar-refractivity contribution is 0.710. The molecule has 0 radical (unpaired) electrons. The molecule has 0 fully saturated rings. The molecule has 0 aliphatic rings. The van der Waals surface area contributed by atoms with Gasteiger partial charge >= 0.3 is 0 Å². The summed E-state index contributed by atoms with van der Waals surface area (Å²) < 4.78 is 2.72. The van der Waals surface area contributed by atoms with Crippen LogP contribution in [0.4, 0.5) is 5.69 Å². The van der Waals surface area contributed by atoms with E-state index < -0.39 is 16.3 Å². The average molecular weight is 306 g/mol.